The number of ether oxygens (including phenoxy) is 1. The molecule has 0 saturated heterocycles. The van der Waals surface area contributed by atoms with Crippen LogP contribution in [0.2, 0.25) is 0 Å². The molecule has 0 atom stereocenters. The number of benzene rings is 2. The highest BCUT2D eigenvalue weighted by Crippen LogP contribution is 2.29. The maximum absolute atomic E-state index is 11.4. The van der Waals surface area contributed by atoms with Gasteiger partial charge >= 0.3 is 0 Å². The van der Waals surface area contributed by atoms with Crippen LogP contribution in [0.15, 0.2) is 59.8 Å². The Morgan fingerprint density at radius 3 is 2.54 bits per heavy atom. The Hall–Kier alpha value is -2.32. The summed E-state index contributed by atoms with van der Waals surface area (Å²) in [6.07, 6.45) is 1.23. The third-order valence-electron chi connectivity index (χ3n) is 3.66. The Morgan fingerprint density at radius 2 is 1.85 bits per heavy atom. The molecule has 2 aromatic carbocycles. The second-order valence-corrected chi connectivity index (χ2v) is 9.01. The third kappa shape index (κ3) is 4.44. The van der Waals surface area contributed by atoms with Gasteiger partial charge in [-0.25, -0.2) is 8.42 Å². The van der Waals surface area contributed by atoms with Crippen LogP contribution in [-0.2, 0) is 9.84 Å². The second-order valence-electron chi connectivity index (χ2n) is 5.69. The van der Waals surface area contributed by atoms with Crippen molar-refractivity contribution in [3.05, 3.63) is 54.6 Å². The van der Waals surface area contributed by atoms with E-state index in [0.29, 0.717) is 16.7 Å². The van der Waals surface area contributed by atoms with Crippen molar-refractivity contribution in [1.82, 2.24) is 14.8 Å². The zero-order chi connectivity index (χ0) is 18.6. The van der Waals surface area contributed by atoms with E-state index < -0.39 is 9.84 Å². The number of rotatable bonds is 7. The van der Waals surface area contributed by atoms with Crippen molar-refractivity contribution in [2.75, 3.05) is 24.9 Å². The molecule has 6 nitrogen and oxygen atoms in total. The fourth-order valence-electron chi connectivity index (χ4n) is 2.41. The molecule has 0 aliphatic carbocycles. The summed E-state index contributed by atoms with van der Waals surface area (Å²) < 4.78 is 30.0. The standard InChI is InChI=1S/C18H19N3O3S2/c1-24-16-10-6-7-14(13-16)17-19-20-18(25-11-12-26(2,22)23)21(17)15-8-4-3-5-9-15/h3-10,13H,11-12H2,1-2H3. The SMILES string of the molecule is COc1cccc(-c2nnc(SCCS(C)(=O)=O)n2-c2ccccc2)c1. The molecule has 136 valence electrons. The van der Waals surface area contributed by atoms with Crippen LogP contribution in [0.3, 0.4) is 0 Å². The van der Waals surface area contributed by atoms with Crippen LogP contribution in [-0.4, -0.2) is 48.1 Å². The van der Waals surface area contributed by atoms with Gasteiger partial charge in [-0.2, -0.15) is 0 Å². The van der Waals surface area contributed by atoms with Crippen LogP contribution in [0.25, 0.3) is 17.1 Å². The molecule has 0 N–H and O–H groups in total. The molecule has 0 radical (unpaired) electrons. The number of sulfone groups is 1. The minimum absolute atomic E-state index is 0.0911. The molecule has 0 saturated carbocycles. The normalized spacial score (nSPS) is 11.5. The quantitative estimate of drug-likeness (QED) is 0.578. The van der Waals surface area contributed by atoms with E-state index in [1.807, 2.05) is 59.2 Å². The topological polar surface area (TPSA) is 74.1 Å². The van der Waals surface area contributed by atoms with E-state index in [1.54, 1.807) is 7.11 Å². The zero-order valence-corrected chi connectivity index (χ0v) is 16.1. The van der Waals surface area contributed by atoms with Crippen molar-refractivity contribution in [1.29, 1.82) is 0 Å². The highest BCUT2D eigenvalue weighted by molar-refractivity contribution is 8.00. The van der Waals surface area contributed by atoms with Crippen molar-refractivity contribution in [3.63, 3.8) is 0 Å². The highest BCUT2D eigenvalue weighted by atomic mass is 32.2. The van der Waals surface area contributed by atoms with E-state index in [2.05, 4.69) is 10.2 Å². The summed E-state index contributed by atoms with van der Waals surface area (Å²) in [6, 6.07) is 17.4. The molecule has 26 heavy (non-hydrogen) atoms. The number of hydrogen-bond donors (Lipinski definition) is 0. The monoisotopic (exact) mass is 389 g/mol. The number of hydrogen-bond acceptors (Lipinski definition) is 6. The van der Waals surface area contributed by atoms with Crippen LogP contribution >= 0.6 is 11.8 Å². The number of thioether (sulfide) groups is 1. The van der Waals surface area contributed by atoms with Gasteiger partial charge < -0.3 is 4.74 Å². The summed E-state index contributed by atoms with van der Waals surface area (Å²) in [5.41, 5.74) is 1.79. The van der Waals surface area contributed by atoms with Gasteiger partial charge in [0.25, 0.3) is 0 Å². The second kappa shape index (κ2) is 7.92. The van der Waals surface area contributed by atoms with Crippen molar-refractivity contribution in [2.45, 2.75) is 5.16 Å². The summed E-state index contributed by atoms with van der Waals surface area (Å²) in [5, 5.41) is 9.28. The van der Waals surface area contributed by atoms with Crippen molar-refractivity contribution in [2.24, 2.45) is 0 Å². The Balaban J connectivity index is 2.02. The zero-order valence-electron chi connectivity index (χ0n) is 14.5. The largest absolute Gasteiger partial charge is 0.497 e. The van der Waals surface area contributed by atoms with Gasteiger partial charge in [0.1, 0.15) is 15.6 Å². The predicted octanol–water partition coefficient (Wildman–Crippen LogP) is 3.08. The molecule has 0 bridgehead atoms. The fraction of sp³-hybridized carbons (Fsp3) is 0.222. The van der Waals surface area contributed by atoms with Crippen molar-refractivity contribution >= 4 is 21.6 Å². The maximum atomic E-state index is 11.4. The van der Waals surface area contributed by atoms with Gasteiger partial charge in [-0.3, -0.25) is 4.57 Å². The Morgan fingerprint density at radius 1 is 1.08 bits per heavy atom. The van der Waals surface area contributed by atoms with E-state index in [0.717, 1.165) is 17.0 Å². The summed E-state index contributed by atoms with van der Waals surface area (Å²) >= 11 is 1.37. The van der Waals surface area contributed by atoms with Crippen LogP contribution in [0.5, 0.6) is 5.75 Å². The molecule has 0 aliphatic rings. The van der Waals surface area contributed by atoms with E-state index in [1.165, 1.54) is 18.0 Å². The Bertz CT molecular complexity index is 986. The molecule has 1 aromatic heterocycles. The molecular weight excluding hydrogens is 370 g/mol. The lowest BCUT2D eigenvalue weighted by atomic mass is 10.2. The van der Waals surface area contributed by atoms with Gasteiger partial charge in [-0.15, -0.1) is 10.2 Å². The molecule has 0 amide bonds. The molecule has 0 aliphatic heterocycles. The van der Waals surface area contributed by atoms with Gasteiger partial charge in [0.2, 0.25) is 0 Å². The van der Waals surface area contributed by atoms with E-state index in [-0.39, 0.29) is 5.75 Å². The number of nitrogens with zero attached hydrogens (tertiary/aromatic N) is 3. The van der Waals surface area contributed by atoms with Crippen LogP contribution in [0, 0.1) is 0 Å². The predicted molar refractivity (Wildman–Crippen MR) is 104 cm³/mol. The first kappa shape index (κ1) is 18.5. The Kier molecular flexibility index (Phi) is 5.63. The third-order valence-corrected chi connectivity index (χ3v) is 5.80. The lowest BCUT2D eigenvalue weighted by molar-refractivity contribution is 0.415. The average molecular weight is 390 g/mol. The smallest absolute Gasteiger partial charge is 0.196 e. The number of aromatic nitrogens is 3. The average Bonchev–Trinajstić information content (AvgIpc) is 3.05. The summed E-state index contributed by atoms with van der Waals surface area (Å²) in [5.74, 6) is 1.92. The lowest BCUT2D eigenvalue weighted by Crippen LogP contribution is -2.06. The number of para-hydroxylation sites is 1. The van der Waals surface area contributed by atoms with E-state index in [4.69, 9.17) is 4.74 Å². The van der Waals surface area contributed by atoms with Crippen LogP contribution < -0.4 is 4.74 Å². The van der Waals surface area contributed by atoms with Crippen LogP contribution in [0.4, 0.5) is 0 Å². The summed E-state index contributed by atoms with van der Waals surface area (Å²) in [6.45, 7) is 0. The van der Waals surface area contributed by atoms with E-state index in [9.17, 15) is 8.42 Å². The molecule has 0 fully saturated rings. The lowest BCUT2D eigenvalue weighted by Gasteiger charge is -2.10. The minimum Gasteiger partial charge on any atom is -0.497 e. The molecule has 3 aromatic rings. The van der Waals surface area contributed by atoms with Gasteiger partial charge in [-0.05, 0) is 24.3 Å². The first-order chi connectivity index (χ1) is 12.5. The van der Waals surface area contributed by atoms with Crippen molar-refractivity contribution < 1.29 is 13.2 Å². The highest BCUT2D eigenvalue weighted by Gasteiger charge is 2.17. The van der Waals surface area contributed by atoms with Gasteiger partial charge in [0.05, 0.1) is 12.9 Å². The summed E-state index contributed by atoms with van der Waals surface area (Å²) in [4.78, 5) is 0. The first-order valence-electron chi connectivity index (χ1n) is 7.94. The molecule has 1 heterocycles. The summed E-state index contributed by atoms with van der Waals surface area (Å²) in [7, 11) is -1.40. The first-order valence-corrected chi connectivity index (χ1v) is 11.0. The van der Waals surface area contributed by atoms with Gasteiger partial charge in [-0.1, -0.05) is 42.1 Å². The van der Waals surface area contributed by atoms with Gasteiger partial charge in [0.15, 0.2) is 11.0 Å². The van der Waals surface area contributed by atoms with E-state index >= 15 is 0 Å². The molecule has 8 heteroatoms. The maximum Gasteiger partial charge on any atom is 0.196 e. The number of methoxy groups -OCH3 is 1. The minimum atomic E-state index is -3.02. The Labute approximate surface area is 157 Å². The molecule has 0 spiro atoms. The fourth-order valence-corrected chi connectivity index (χ4v) is 4.55. The molecular formula is C18H19N3O3S2. The van der Waals surface area contributed by atoms with Gasteiger partial charge in [0, 0.05) is 23.3 Å². The molecule has 0 unspecified atom stereocenters. The molecule has 3 rings (SSSR count). The van der Waals surface area contributed by atoms with Crippen LogP contribution in [0.1, 0.15) is 0 Å². The van der Waals surface area contributed by atoms with Crippen molar-refractivity contribution in [3.8, 4) is 22.8 Å².